The van der Waals surface area contributed by atoms with E-state index < -0.39 is 17.8 Å². The average Bonchev–Trinajstić information content (AvgIpc) is 3.18. The van der Waals surface area contributed by atoms with Gasteiger partial charge >= 0.3 is 5.97 Å². The number of rotatable bonds is 8. The van der Waals surface area contributed by atoms with E-state index in [1.54, 1.807) is 68.6 Å². The van der Waals surface area contributed by atoms with Gasteiger partial charge in [0.1, 0.15) is 5.75 Å². The number of para-hydroxylation sites is 1. The molecular weight excluding hydrogens is 496 g/mol. The van der Waals surface area contributed by atoms with Crippen LogP contribution in [0.3, 0.4) is 0 Å². The summed E-state index contributed by atoms with van der Waals surface area (Å²) in [6.45, 7) is 5.80. The molecule has 9 heteroatoms. The molecule has 0 radical (unpaired) electrons. The Bertz CT molecular complexity index is 1310. The Morgan fingerprint density at radius 3 is 2.15 bits per heavy atom. The number of carbonyl (C=O) groups excluding carboxylic acids is 3. The van der Waals surface area contributed by atoms with Crippen molar-refractivity contribution in [1.82, 2.24) is 4.90 Å². The highest BCUT2D eigenvalue weighted by molar-refractivity contribution is 6.13. The van der Waals surface area contributed by atoms with Crippen molar-refractivity contribution in [2.45, 2.75) is 13.3 Å². The molecule has 9 nitrogen and oxygen atoms in total. The van der Waals surface area contributed by atoms with Crippen molar-refractivity contribution in [3.05, 3.63) is 83.4 Å². The molecule has 2 amide bonds. The molecule has 1 fully saturated rings. The van der Waals surface area contributed by atoms with Gasteiger partial charge in [-0.3, -0.25) is 9.59 Å². The van der Waals surface area contributed by atoms with Crippen LogP contribution >= 0.6 is 0 Å². The van der Waals surface area contributed by atoms with Crippen LogP contribution in [0.5, 0.6) is 5.75 Å². The van der Waals surface area contributed by atoms with Gasteiger partial charge in [0, 0.05) is 36.4 Å². The molecule has 0 saturated carbocycles. The number of hydrogen-bond donors (Lipinski definition) is 2. The number of hydrogen-bond acceptors (Lipinski definition) is 7. The molecule has 0 aliphatic carbocycles. The molecule has 0 aromatic heterocycles. The highest BCUT2D eigenvalue weighted by Gasteiger charge is 2.21. The molecule has 3 aromatic carbocycles. The zero-order valence-corrected chi connectivity index (χ0v) is 22.5. The van der Waals surface area contributed by atoms with Crippen molar-refractivity contribution in [1.29, 1.82) is 0 Å². The summed E-state index contributed by atoms with van der Waals surface area (Å²) in [6, 6.07) is 18.8. The van der Waals surface area contributed by atoms with Crippen molar-refractivity contribution in [3.63, 3.8) is 0 Å². The maximum atomic E-state index is 13.3. The van der Waals surface area contributed by atoms with Gasteiger partial charge < -0.3 is 29.9 Å². The van der Waals surface area contributed by atoms with E-state index >= 15 is 0 Å². The summed E-state index contributed by atoms with van der Waals surface area (Å²) in [5.74, 6) is -0.789. The Morgan fingerprint density at radius 1 is 0.821 bits per heavy atom. The maximum absolute atomic E-state index is 13.3. The zero-order chi connectivity index (χ0) is 27.8. The van der Waals surface area contributed by atoms with Crippen molar-refractivity contribution in [3.8, 4) is 5.75 Å². The fourth-order valence-electron chi connectivity index (χ4n) is 4.42. The van der Waals surface area contributed by atoms with Crippen molar-refractivity contribution < 1.29 is 23.9 Å². The Balaban J connectivity index is 1.56. The number of nitrogens with one attached hydrogen (secondary N) is 2. The lowest BCUT2D eigenvalue weighted by Crippen LogP contribution is -2.28. The molecular formula is C30H34N4O5. The highest BCUT2D eigenvalue weighted by atomic mass is 16.5. The number of amides is 2. The number of benzene rings is 3. The standard InChI is InChI=1S/C30H34N4O5/c1-4-39-30(37)25-7-5-8-26(31-28(35)22-11-15-24(38-3)16-12-22)27(25)32-29(36)21-9-13-23(14-10-21)34-18-6-17-33(2)19-20-34/h5,7-16H,4,6,17-20H2,1-3H3,(H,31,35)(H,32,36). The minimum atomic E-state index is -0.602. The average molecular weight is 531 g/mol. The number of likely N-dealkylation sites (N-methyl/N-ethyl adjacent to an activating group) is 1. The summed E-state index contributed by atoms with van der Waals surface area (Å²) in [7, 11) is 3.67. The van der Waals surface area contributed by atoms with Crippen LogP contribution in [0.25, 0.3) is 0 Å². The van der Waals surface area contributed by atoms with Gasteiger partial charge in [-0.15, -0.1) is 0 Å². The van der Waals surface area contributed by atoms with Crippen LogP contribution in [0.1, 0.15) is 44.4 Å². The van der Waals surface area contributed by atoms with Gasteiger partial charge in [-0.1, -0.05) is 6.07 Å². The van der Waals surface area contributed by atoms with Gasteiger partial charge in [-0.2, -0.15) is 0 Å². The quantitative estimate of drug-likeness (QED) is 0.413. The molecule has 4 rings (SSSR count). The first-order valence-electron chi connectivity index (χ1n) is 13.0. The van der Waals surface area contributed by atoms with Crippen LogP contribution < -0.4 is 20.3 Å². The van der Waals surface area contributed by atoms with Crippen LogP contribution in [0, 0.1) is 0 Å². The number of anilines is 3. The molecule has 1 saturated heterocycles. The van der Waals surface area contributed by atoms with E-state index in [2.05, 4.69) is 27.5 Å². The zero-order valence-electron chi connectivity index (χ0n) is 22.5. The normalized spacial score (nSPS) is 13.8. The first-order valence-corrected chi connectivity index (χ1v) is 13.0. The third kappa shape index (κ3) is 6.94. The largest absolute Gasteiger partial charge is 0.497 e. The minimum absolute atomic E-state index is 0.142. The van der Waals surface area contributed by atoms with Crippen LogP contribution in [-0.2, 0) is 4.74 Å². The van der Waals surface area contributed by atoms with Crippen LogP contribution in [0.2, 0.25) is 0 Å². The molecule has 1 aliphatic heterocycles. The fourth-order valence-corrected chi connectivity index (χ4v) is 4.42. The van der Waals surface area contributed by atoms with Crippen molar-refractivity contribution in [2.75, 3.05) is 62.5 Å². The molecule has 2 N–H and O–H groups in total. The second kappa shape index (κ2) is 12.9. The number of ether oxygens (including phenoxy) is 2. The number of nitrogens with zero attached hydrogens (tertiary/aromatic N) is 2. The van der Waals surface area contributed by atoms with Gasteiger partial charge in [-0.05, 0) is 87.6 Å². The molecule has 1 heterocycles. The van der Waals surface area contributed by atoms with E-state index in [4.69, 9.17) is 9.47 Å². The summed E-state index contributed by atoms with van der Waals surface area (Å²) >= 11 is 0. The number of esters is 1. The molecule has 0 bridgehead atoms. The molecule has 39 heavy (non-hydrogen) atoms. The lowest BCUT2D eigenvalue weighted by molar-refractivity contribution is 0.0527. The Morgan fingerprint density at radius 2 is 1.49 bits per heavy atom. The topological polar surface area (TPSA) is 100 Å². The van der Waals surface area contributed by atoms with Gasteiger partial charge in [0.25, 0.3) is 11.8 Å². The molecule has 204 valence electrons. The van der Waals surface area contributed by atoms with Crippen LogP contribution in [0.4, 0.5) is 17.1 Å². The second-order valence-electron chi connectivity index (χ2n) is 9.28. The summed E-state index contributed by atoms with van der Waals surface area (Å²) in [4.78, 5) is 43.6. The van der Waals surface area contributed by atoms with E-state index in [-0.39, 0.29) is 23.5 Å². The monoisotopic (exact) mass is 530 g/mol. The first kappa shape index (κ1) is 27.7. The van der Waals surface area contributed by atoms with Gasteiger partial charge in [0.2, 0.25) is 0 Å². The minimum Gasteiger partial charge on any atom is -0.497 e. The van der Waals surface area contributed by atoms with E-state index in [0.717, 1.165) is 38.3 Å². The predicted octanol–water partition coefficient (Wildman–Crippen LogP) is 4.52. The fraction of sp³-hybridized carbons (Fsp3) is 0.300. The smallest absolute Gasteiger partial charge is 0.340 e. The van der Waals surface area contributed by atoms with Gasteiger partial charge in [0.05, 0.1) is 30.7 Å². The van der Waals surface area contributed by atoms with E-state index in [0.29, 0.717) is 16.9 Å². The third-order valence-electron chi connectivity index (χ3n) is 6.61. The van der Waals surface area contributed by atoms with E-state index in [1.165, 1.54) is 0 Å². The van der Waals surface area contributed by atoms with Gasteiger partial charge in [-0.25, -0.2) is 4.79 Å². The Labute approximate surface area is 228 Å². The SMILES string of the molecule is CCOC(=O)c1cccc(NC(=O)c2ccc(OC)cc2)c1NC(=O)c1ccc(N2CCCN(C)CC2)cc1. The number of carbonyl (C=O) groups is 3. The van der Waals surface area contributed by atoms with Crippen molar-refractivity contribution in [2.24, 2.45) is 0 Å². The summed E-state index contributed by atoms with van der Waals surface area (Å²) in [6.07, 6.45) is 1.08. The third-order valence-corrected chi connectivity index (χ3v) is 6.61. The second-order valence-corrected chi connectivity index (χ2v) is 9.28. The van der Waals surface area contributed by atoms with Crippen LogP contribution in [0.15, 0.2) is 66.7 Å². The first-order chi connectivity index (χ1) is 18.9. The lowest BCUT2D eigenvalue weighted by Gasteiger charge is -2.23. The summed E-state index contributed by atoms with van der Waals surface area (Å²) < 4.78 is 10.4. The number of methoxy groups -OCH3 is 1. The maximum Gasteiger partial charge on any atom is 0.340 e. The van der Waals surface area contributed by atoms with Gasteiger partial charge in [0.15, 0.2) is 0 Å². The molecule has 0 atom stereocenters. The molecule has 3 aromatic rings. The van der Waals surface area contributed by atoms with Crippen molar-refractivity contribution >= 4 is 34.8 Å². The molecule has 0 unspecified atom stereocenters. The summed E-state index contributed by atoms with van der Waals surface area (Å²) in [5, 5.41) is 5.64. The van der Waals surface area contributed by atoms with Crippen LogP contribution in [-0.4, -0.2) is 69.6 Å². The predicted molar refractivity (Wildman–Crippen MR) is 152 cm³/mol. The highest BCUT2D eigenvalue weighted by Crippen LogP contribution is 2.29. The summed E-state index contributed by atoms with van der Waals surface area (Å²) in [5.41, 5.74) is 2.47. The Hall–Kier alpha value is -4.37. The van der Waals surface area contributed by atoms with E-state index in [9.17, 15) is 14.4 Å². The Kier molecular flexibility index (Phi) is 9.17. The lowest BCUT2D eigenvalue weighted by atomic mass is 10.1. The van der Waals surface area contributed by atoms with E-state index in [1.807, 2.05) is 12.1 Å². The molecule has 0 spiro atoms. The molecule has 1 aliphatic rings.